The minimum absolute atomic E-state index is 1.06. The zero-order valence-corrected chi connectivity index (χ0v) is 9.68. The number of rotatable bonds is 1. The fraction of sp³-hybridized carbons (Fsp3) is 1.00. The topological polar surface area (TPSA) is 29.5 Å². The van der Waals surface area contributed by atoms with E-state index in [1.54, 1.807) is 7.11 Å². The van der Waals surface area contributed by atoms with E-state index in [-0.39, 0.29) is 0 Å². The molecular weight excluding hydrogens is 172 g/mol. The average Bonchev–Trinajstić information content (AvgIpc) is 1.95. The Labute approximate surface area is 70.6 Å². The first-order valence-corrected chi connectivity index (χ1v) is 10.6. The molecule has 2 atom stereocenters. The first-order valence-electron chi connectivity index (χ1n) is 4.29. The summed E-state index contributed by atoms with van der Waals surface area (Å²) in [5.41, 5.74) is 0. The average molecular weight is 190 g/mol. The lowest BCUT2D eigenvalue weighted by molar-refractivity contribution is 0.392. The molecule has 0 amide bonds. The van der Waals surface area contributed by atoms with E-state index in [1.807, 2.05) is 0 Å². The summed E-state index contributed by atoms with van der Waals surface area (Å²) in [5, 5.41) is 0. The van der Waals surface area contributed by atoms with Crippen molar-refractivity contribution in [2.45, 2.75) is 38.0 Å². The lowest BCUT2D eigenvalue weighted by Crippen LogP contribution is -2.62. The third-order valence-corrected chi connectivity index (χ3v) is 17.9. The zero-order chi connectivity index (χ0) is 8.54. The third-order valence-electron chi connectivity index (χ3n) is 3.16. The first kappa shape index (κ1) is 9.44. The Bertz CT molecular complexity index is 149. The van der Waals surface area contributed by atoms with Crippen LogP contribution in [0.5, 0.6) is 0 Å². The van der Waals surface area contributed by atoms with E-state index in [4.69, 9.17) is 4.43 Å². The molecule has 1 rings (SSSR count). The van der Waals surface area contributed by atoms with Crippen molar-refractivity contribution in [3.8, 4) is 0 Å². The van der Waals surface area contributed by atoms with Crippen LogP contribution in [0.1, 0.15) is 12.8 Å². The molecule has 4 heteroatoms. The van der Waals surface area contributed by atoms with Crippen molar-refractivity contribution >= 4 is 15.7 Å². The van der Waals surface area contributed by atoms with Gasteiger partial charge in [-0.25, -0.2) is 0 Å². The van der Waals surface area contributed by atoms with Gasteiger partial charge < -0.3 is 9.22 Å². The summed E-state index contributed by atoms with van der Waals surface area (Å²) >= 11 is 0. The summed E-state index contributed by atoms with van der Waals surface area (Å²) in [7, 11) is -1.79. The van der Waals surface area contributed by atoms with Crippen LogP contribution in [0.4, 0.5) is 0 Å². The van der Waals surface area contributed by atoms with Crippen LogP contribution < -0.4 is 0 Å². The highest BCUT2D eigenvalue weighted by Crippen LogP contribution is 2.33. The second-order valence-corrected chi connectivity index (χ2v) is 16.7. The molecule has 1 aliphatic rings. The van der Waals surface area contributed by atoms with Crippen molar-refractivity contribution in [3.63, 3.8) is 0 Å². The maximum Gasteiger partial charge on any atom is 0.207 e. The van der Waals surface area contributed by atoms with Crippen molar-refractivity contribution in [2.75, 3.05) is 7.11 Å². The van der Waals surface area contributed by atoms with Crippen LogP contribution in [0.25, 0.3) is 0 Å². The smallest absolute Gasteiger partial charge is 0.207 e. The van der Waals surface area contributed by atoms with E-state index in [1.165, 1.54) is 18.9 Å². The van der Waals surface area contributed by atoms with Gasteiger partial charge in [-0.1, -0.05) is 12.8 Å². The van der Waals surface area contributed by atoms with Crippen LogP contribution in [-0.2, 0) is 4.43 Å². The van der Waals surface area contributed by atoms with Crippen LogP contribution >= 0.6 is 0 Å². The van der Waals surface area contributed by atoms with Crippen molar-refractivity contribution in [2.24, 2.45) is 0 Å². The first-order chi connectivity index (χ1) is 5.02. The Balaban J connectivity index is 2.74. The highest BCUT2D eigenvalue weighted by molar-refractivity contribution is 7.36. The molecule has 1 N–H and O–H groups in total. The van der Waals surface area contributed by atoms with Crippen molar-refractivity contribution in [3.05, 3.63) is 0 Å². The van der Waals surface area contributed by atoms with Gasteiger partial charge in [-0.05, 0) is 25.2 Å². The van der Waals surface area contributed by atoms with Gasteiger partial charge in [0, 0.05) is 7.11 Å². The van der Waals surface area contributed by atoms with Crippen molar-refractivity contribution in [1.82, 2.24) is 0 Å². The van der Waals surface area contributed by atoms with Crippen molar-refractivity contribution < 1.29 is 9.22 Å². The molecule has 0 saturated carbocycles. The predicted molar refractivity (Wildman–Crippen MR) is 51.3 cm³/mol. The second kappa shape index (κ2) is 3.01. The minimum atomic E-state index is -1.93. The van der Waals surface area contributed by atoms with Crippen LogP contribution in [0.2, 0.25) is 25.2 Å². The summed E-state index contributed by atoms with van der Waals surface area (Å²) in [6.45, 7) is 4.26. The zero-order valence-electron chi connectivity index (χ0n) is 7.68. The highest BCUT2D eigenvalue weighted by Gasteiger charge is 2.50. The summed E-state index contributed by atoms with van der Waals surface area (Å²) in [6, 6.07) is 2.23. The lowest BCUT2D eigenvalue weighted by atomic mass is 10.4. The highest BCUT2D eigenvalue weighted by atomic mass is 29.3. The van der Waals surface area contributed by atoms with Gasteiger partial charge in [0.15, 0.2) is 0 Å². The number of hydrogen-bond donors (Lipinski definition) is 1. The molecule has 0 aromatic carbocycles. The Kier molecular flexibility index (Phi) is 2.58. The van der Waals surface area contributed by atoms with E-state index in [9.17, 15) is 4.80 Å². The SMILES string of the molecule is CO[Si]1(C)CCCC[Si]1(C)O. The summed E-state index contributed by atoms with van der Waals surface area (Å²) in [6.07, 6.45) is 2.48. The standard InChI is InChI=1S/C7H18O2Si2/c1-9-11(3)7-5-4-6-10(11,2)8/h8H,4-7H2,1-3H3. The van der Waals surface area contributed by atoms with Gasteiger partial charge in [-0.2, -0.15) is 0 Å². The fourth-order valence-corrected chi connectivity index (χ4v) is 10.9. The number of hydrogen-bond acceptors (Lipinski definition) is 2. The lowest BCUT2D eigenvalue weighted by Gasteiger charge is -2.40. The van der Waals surface area contributed by atoms with Gasteiger partial charge in [0.2, 0.25) is 15.7 Å². The molecule has 0 aromatic heterocycles. The van der Waals surface area contributed by atoms with E-state index in [0.717, 1.165) is 6.04 Å². The fourth-order valence-electron chi connectivity index (χ4n) is 1.79. The maximum atomic E-state index is 10.2. The van der Waals surface area contributed by atoms with Gasteiger partial charge in [-0.3, -0.25) is 0 Å². The molecule has 0 radical (unpaired) electrons. The molecule has 0 aliphatic carbocycles. The third kappa shape index (κ3) is 1.58. The van der Waals surface area contributed by atoms with E-state index in [2.05, 4.69) is 13.1 Å². The minimum Gasteiger partial charge on any atom is -0.432 e. The Morgan fingerprint density at radius 1 is 1.18 bits per heavy atom. The van der Waals surface area contributed by atoms with Gasteiger partial charge in [0.1, 0.15) is 0 Å². The van der Waals surface area contributed by atoms with E-state index in [0.29, 0.717) is 0 Å². The molecule has 2 unspecified atom stereocenters. The molecule has 0 spiro atoms. The molecule has 1 aliphatic heterocycles. The van der Waals surface area contributed by atoms with Crippen LogP contribution in [-0.4, -0.2) is 27.6 Å². The molecule has 1 heterocycles. The molecule has 66 valence electrons. The van der Waals surface area contributed by atoms with Gasteiger partial charge in [0.25, 0.3) is 0 Å². The molecule has 2 nitrogen and oxygen atoms in total. The van der Waals surface area contributed by atoms with Gasteiger partial charge in [0.05, 0.1) is 0 Å². The van der Waals surface area contributed by atoms with Crippen LogP contribution in [0.3, 0.4) is 0 Å². The molecule has 1 fully saturated rings. The summed E-state index contributed by atoms with van der Waals surface area (Å²) in [5.74, 6) is 0. The van der Waals surface area contributed by atoms with Gasteiger partial charge >= 0.3 is 0 Å². The Morgan fingerprint density at radius 3 is 2.09 bits per heavy atom. The molecule has 11 heavy (non-hydrogen) atoms. The van der Waals surface area contributed by atoms with E-state index < -0.39 is 15.7 Å². The maximum absolute atomic E-state index is 10.2. The summed E-state index contributed by atoms with van der Waals surface area (Å²) in [4.78, 5) is 10.2. The van der Waals surface area contributed by atoms with Crippen LogP contribution in [0.15, 0.2) is 0 Å². The quantitative estimate of drug-likeness (QED) is 0.637. The monoisotopic (exact) mass is 190 g/mol. The molecule has 0 aromatic rings. The molecule has 0 bridgehead atoms. The normalized spacial score (nSPS) is 45.8. The molecular formula is C7H18O2Si2. The Morgan fingerprint density at radius 2 is 1.73 bits per heavy atom. The van der Waals surface area contributed by atoms with Gasteiger partial charge in [-0.15, -0.1) is 0 Å². The largest absolute Gasteiger partial charge is 0.432 e. The second-order valence-electron chi connectivity index (χ2n) is 3.92. The van der Waals surface area contributed by atoms with Crippen molar-refractivity contribution in [1.29, 1.82) is 0 Å². The Hall–Kier alpha value is 0.354. The predicted octanol–water partition coefficient (Wildman–Crippen LogP) is 1.65. The van der Waals surface area contributed by atoms with E-state index >= 15 is 0 Å². The molecule has 1 saturated heterocycles. The van der Waals surface area contributed by atoms with Crippen LogP contribution in [0, 0.1) is 0 Å². The summed E-state index contributed by atoms with van der Waals surface area (Å²) < 4.78 is 5.54.